The highest BCUT2D eigenvalue weighted by Crippen LogP contribution is 2.44. The Morgan fingerprint density at radius 3 is 2.19 bits per heavy atom. The fourth-order valence-electron chi connectivity index (χ4n) is 4.26. The molecule has 0 unspecified atom stereocenters. The molecule has 31 heavy (non-hydrogen) atoms. The topological polar surface area (TPSA) is 75.6 Å². The van der Waals surface area contributed by atoms with E-state index in [2.05, 4.69) is 29.6 Å². The molecule has 4 aromatic carbocycles. The summed E-state index contributed by atoms with van der Waals surface area (Å²) in [4.78, 5) is 23.9. The van der Waals surface area contributed by atoms with E-state index in [1.54, 1.807) is 24.3 Å². The Labute approximate surface area is 178 Å². The largest absolute Gasteiger partial charge is 0.478 e. The van der Waals surface area contributed by atoms with Crippen LogP contribution in [0.25, 0.3) is 21.9 Å². The molecular weight excluding hydrogens is 390 g/mol. The minimum atomic E-state index is -1.02. The zero-order chi connectivity index (χ0) is 21.4. The molecule has 1 aliphatic rings. The average molecular weight is 409 g/mol. The Kier molecular flexibility index (Phi) is 4.64. The highest BCUT2D eigenvalue weighted by Gasteiger charge is 2.29. The Bertz CT molecular complexity index is 1280. The van der Waals surface area contributed by atoms with Crippen LogP contribution in [0.2, 0.25) is 0 Å². The Hall–Kier alpha value is -4.12. The third-order valence-electron chi connectivity index (χ3n) is 5.71. The molecule has 5 rings (SSSR count). The van der Waals surface area contributed by atoms with Crippen LogP contribution in [-0.4, -0.2) is 23.8 Å². The molecule has 0 heterocycles. The van der Waals surface area contributed by atoms with Gasteiger partial charge in [0, 0.05) is 11.3 Å². The summed E-state index contributed by atoms with van der Waals surface area (Å²) in [5.41, 5.74) is 5.30. The number of carbonyl (C=O) groups is 2. The number of carboxylic acids is 1. The van der Waals surface area contributed by atoms with Crippen molar-refractivity contribution in [1.82, 2.24) is 0 Å². The van der Waals surface area contributed by atoms with Crippen LogP contribution in [0, 0.1) is 0 Å². The average Bonchev–Trinajstić information content (AvgIpc) is 3.11. The molecule has 2 N–H and O–H groups in total. The molecular formula is C26H19NO4. The molecule has 0 spiro atoms. The van der Waals surface area contributed by atoms with Gasteiger partial charge in [-0.2, -0.15) is 0 Å². The maximum absolute atomic E-state index is 12.6. The number of hydrogen-bond donors (Lipinski definition) is 2. The van der Waals surface area contributed by atoms with Gasteiger partial charge in [-0.3, -0.25) is 5.32 Å². The predicted octanol–water partition coefficient (Wildman–Crippen LogP) is 5.90. The maximum atomic E-state index is 12.6. The van der Waals surface area contributed by atoms with Crippen molar-refractivity contribution in [1.29, 1.82) is 0 Å². The van der Waals surface area contributed by atoms with Crippen molar-refractivity contribution in [3.8, 4) is 11.1 Å². The van der Waals surface area contributed by atoms with Gasteiger partial charge in [0.1, 0.15) is 6.61 Å². The second kappa shape index (κ2) is 7.61. The normalized spacial score (nSPS) is 12.3. The third kappa shape index (κ3) is 3.40. The highest BCUT2D eigenvalue weighted by atomic mass is 16.5. The molecule has 0 aliphatic heterocycles. The third-order valence-corrected chi connectivity index (χ3v) is 5.71. The van der Waals surface area contributed by atoms with Gasteiger partial charge in [-0.15, -0.1) is 0 Å². The number of amides is 1. The Morgan fingerprint density at radius 2 is 1.52 bits per heavy atom. The van der Waals surface area contributed by atoms with Crippen LogP contribution in [0.5, 0.6) is 0 Å². The monoisotopic (exact) mass is 409 g/mol. The van der Waals surface area contributed by atoms with Gasteiger partial charge in [0.05, 0.1) is 11.3 Å². The number of carboxylic acid groups (broad SMARTS) is 1. The minimum absolute atomic E-state index is 0.0238. The molecule has 0 saturated heterocycles. The second-order valence-electron chi connectivity index (χ2n) is 7.50. The van der Waals surface area contributed by atoms with Crippen LogP contribution in [0.4, 0.5) is 10.5 Å². The standard InChI is InChI=1S/C26H19NO4/c28-25(29)17-13-12-16-6-5-11-24(22(16)14-17)27-26(30)31-15-23-20-9-3-1-7-18(20)19-8-2-4-10-21(19)23/h1-14,23H,15H2,(H,27,30)(H,28,29). The van der Waals surface area contributed by atoms with Gasteiger partial charge in [-0.25, -0.2) is 9.59 Å². The summed E-state index contributed by atoms with van der Waals surface area (Å²) in [5, 5.41) is 13.5. The molecule has 0 aromatic heterocycles. The van der Waals surface area contributed by atoms with Gasteiger partial charge in [-0.1, -0.05) is 66.7 Å². The summed E-state index contributed by atoms with van der Waals surface area (Å²) in [7, 11) is 0. The van der Waals surface area contributed by atoms with Crippen molar-refractivity contribution >= 4 is 28.5 Å². The van der Waals surface area contributed by atoms with Gasteiger partial charge >= 0.3 is 12.1 Å². The van der Waals surface area contributed by atoms with E-state index < -0.39 is 12.1 Å². The number of anilines is 1. The summed E-state index contributed by atoms with van der Waals surface area (Å²) >= 11 is 0. The minimum Gasteiger partial charge on any atom is -0.478 e. The first-order valence-corrected chi connectivity index (χ1v) is 10.00. The van der Waals surface area contributed by atoms with Crippen molar-refractivity contribution in [2.24, 2.45) is 0 Å². The first kappa shape index (κ1) is 18.9. The first-order valence-electron chi connectivity index (χ1n) is 10.00. The van der Waals surface area contributed by atoms with Crippen LogP contribution in [0.3, 0.4) is 0 Å². The molecule has 1 amide bonds. The lowest BCUT2D eigenvalue weighted by atomic mass is 9.98. The zero-order valence-electron chi connectivity index (χ0n) is 16.5. The second-order valence-corrected chi connectivity index (χ2v) is 7.50. The fourth-order valence-corrected chi connectivity index (χ4v) is 4.26. The number of benzene rings is 4. The molecule has 5 heteroatoms. The lowest BCUT2D eigenvalue weighted by molar-refractivity contribution is 0.0697. The highest BCUT2D eigenvalue weighted by molar-refractivity contribution is 6.03. The van der Waals surface area contributed by atoms with E-state index in [-0.39, 0.29) is 18.1 Å². The van der Waals surface area contributed by atoms with E-state index in [4.69, 9.17) is 4.74 Å². The molecule has 0 saturated carbocycles. The predicted molar refractivity (Wildman–Crippen MR) is 120 cm³/mol. The van der Waals surface area contributed by atoms with Gasteiger partial charge in [0.25, 0.3) is 0 Å². The Morgan fingerprint density at radius 1 is 0.839 bits per heavy atom. The van der Waals surface area contributed by atoms with Gasteiger partial charge < -0.3 is 9.84 Å². The van der Waals surface area contributed by atoms with Crippen LogP contribution in [-0.2, 0) is 4.74 Å². The number of carbonyl (C=O) groups excluding carboxylic acids is 1. The van der Waals surface area contributed by atoms with Crippen LogP contribution >= 0.6 is 0 Å². The van der Waals surface area contributed by atoms with Crippen molar-refractivity contribution in [2.75, 3.05) is 11.9 Å². The van der Waals surface area contributed by atoms with E-state index in [0.29, 0.717) is 11.1 Å². The van der Waals surface area contributed by atoms with Gasteiger partial charge in [-0.05, 0) is 45.8 Å². The molecule has 152 valence electrons. The molecule has 0 bridgehead atoms. The number of fused-ring (bicyclic) bond motifs is 4. The van der Waals surface area contributed by atoms with Crippen LogP contribution < -0.4 is 5.32 Å². The lowest BCUT2D eigenvalue weighted by Gasteiger charge is -2.15. The summed E-state index contributed by atoms with van der Waals surface area (Å²) in [6.45, 7) is 0.213. The summed E-state index contributed by atoms with van der Waals surface area (Å²) in [5.74, 6) is -1.04. The number of hydrogen-bond acceptors (Lipinski definition) is 3. The van der Waals surface area contributed by atoms with Crippen LogP contribution in [0.15, 0.2) is 84.9 Å². The van der Waals surface area contributed by atoms with E-state index in [1.165, 1.54) is 11.1 Å². The molecule has 4 aromatic rings. The number of nitrogens with one attached hydrogen (secondary N) is 1. The van der Waals surface area contributed by atoms with Crippen LogP contribution in [0.1, 0.15) is 27.4 Å². The number of ether oxygens (including phenoxy) is 1. The maximum Gasteiger partial charge on any atom is 0.411 e. The molecule has 0 fully saturated rings. The molecule has 0 atom stereocenters. The first-order chi connectivity index (χ1) is 15.1. The Balaban J connectivity index is 1.37. The van der Waals surface area contributed by atoms with E-state index in [0.717, 1.165) is 16.5 Å². The van der Waals surface area contributed by atoms with Crippen molar-refractivity contribution in [3.05, 3.63) is 102 Å². The SMILES string of the molecule is O=C(Nc1cccc2ccc(C(=O)O)cc12)OCC1c2ccccc2-c2ccccc21. The van der Waals surface area contributed by atoms with Gasteiger partial charge in [0.15, 0.2) is 0 Å². The molecule has 5 nitrogen and oxygen atoms in total. The molecule has 1 aliphatic carbocycles. The summed E-state index contributed by atoms with van der Waals surface area (Å²) < 4.78 is 5.60. The van der Waals surface area contributed by atoms with Crippen molar-refractivity contribution < 1.29 is 19.4 Å². The zero-order valence-corrected chi connectivity index (χ0v) is 16.5. The smallest absolute Gasteiger partial charge is 0.411 e. The lowest BCUT2D eigenvalue weighted by Crippen LogP contribution is -2.18. The summed E-state index contributed by atoms with van der Waals surface area (Å²) in [6, 6.07) is 26.5. The number of rotatable bonds is 4. The van der Waals surface area contributed by atoms with Crippen molar-refractivity contribution in [3.63, 3.8) is 0 Å². The van der Waals surface area contributed by atoms with E-state index in [1.807, 2.05) is 36.4 Å². The van der Waals surface area contributed by atoms with E-state index in [9.17, 15) is 14.7 Å². The quantitative estimate of drug-likeness (QED) is 0.440. The number of aromatic carboxylic acids is 1. The van der Waals surface area contributed by atoms with Crippen molar-refractivity contribution in [2.45, 2.75) is 5.92 Å². The fraction of sp³-hybridized carbons (Fsp3) is 0.0769. The van der Waals surface area contributed by atoms with E-state index >= 15 is 0 Å². The molecule has 0 radical (unpaired) electrons. The van der Waals surface area contributed by atoms with Gasteiger partial charge in [0.2, 0.25) is 0 Å². The summed E-state index contributed by atoms with van der Waals surface area (Å²) in [6.07, 6.45) is -0.574.